The predicted octanol–water partition coefficient (Wildman–Crippen LogP) is 3.26. The molecule has 3 rings (SSSR count). The first-order valence-corrected chi connectivity index (χ1v) is 6.24. The van der Waals surface area contributed by atoms with E-state index in [0.717, 1.165) is 6.07 Å². The monoisotopic (exact) mass is 279 g/mol. The second kappa shape index (κ2) is 4.59. The van der Waals surface area contributed by atoms with Crippen molar-refractivity contribution in [1.82, 2.24) is 4.98 Å². The SMILES string of the molecule is Cc1ncc(-c2cc(F)cc(F)c2)c2c1[C@H](O)[C@H](F)C2. The number of rotatable bonds is 1. The first kappa shape index (κ1) is 13.1. The minimum atomic E-state index is -1.41. The second-order valence-corrected chi connectivity index (χ2v) is 4.97. The Kier molecular flexibility index (Phi) is 3.01. The van der Waals surface area contributed by atoms with Crippen LogP contribution in [0.4, 0.5) is 13.2 Å². The molecular formula is C15H12F3NO. The van der Waals surface area contributed by atoms with Gasteiger partial charge in [-0.1, -0.05) is 0 Å². The van der Waals surface area contributed by atoms with Gasteiger partial charge >= 0.3 is 0 Å². The van der Waals surface area contributed by atoms with Crippen molar-refractivity contribution in [2.24, 2.45) is 0 Å². The highest BCUT2D eigenvalue weighted by Gasteiger charge is 2.34. The van der Waals surface area contributed by atoms with E-state index < -0.39 is 23.9 Å². The minimum absolute atomic E-state index is 0.0212. The van der Waals surface area contributed by atoms with Crippen LogP contribution in [0.25, 0.3) is 11.1 Å². The van der Waals surface area contributed by atoms with Crippen molar-refractivity contribution in [1.29, 1.82) is 0 Å². The predicted molar refractivity (Wildman–Crippen MR) is 67.9 cm³/mol. The van der Waals surface area contributed by atoms with Crippen molar-refractivity contribution in [2.45, 2.75) is 25.6 Å². The smallest absolute Gasteiger partial charge is 0.134 e. The van der Waals surface area contributed by atoms with E-state index in [1.807, 2.05) is 0 Å². The maximum absolute atomic E-state index is 13.7. The van der Waals surface area contributed by atoms with Crippen LogP contribution in [0.3, 0.4) is 0 Å². The Morgan fingerprint density at radius 2 is 1.85 bits per heavy atom. The van der Waals surface area contributed by atoms with Crippen molar-refractivity contribution >= 4 is 0 Å². The molecule has 0 radical (unpaired) electrons. The number of hydrogen-bond donors (Lipinski definition) is 1. The van der Waals surface area contributed by atoms with Gasteiger partial charge < -0.3 is 5.11 Å². The topological polar surface area (TPSA) is 33.1 Å². The third-order valence-electron chi connectivity index (χ3n) is 3.64. The molecule has 2 atom stereocenters. The normalized spacial score (nSPS) is 21.1. The Morgan fingerprint density at radius 1 is 1.20 bits per heavy atom. The molecule has 2 nitrogen and oxygen atoms in total. The van der Waals surface area contributed by atoms with Gasteiger partial charge in [-0.25, -0.2) is 13.2 Å². The molecule has 104 valence electrons. The molecule has 0 saturated carbocycles. The summed E-state index contributed by atoms with van der Waals surface area (Å²) in [6.45, 7) is 1.68. The summed E-state index contributed by atoms with van der Waals surface area (Å²) in [5.74, 6) is -1.41. The van der Waals surface area contributed by atoms with E-state index in [-0.39, 0.29) is 6.42 Å². The Hall–Kier alpha value is -1.88. The Bertz CT molecular complexity index is 667. The molecule has 0 spiro atoms. The van der Waals surface area contributed by atoms with Gasteiger partial charge in [0.25, 0.3) is 0 Å². The van der Waals surface area contributed by atoms with Gasteiger partial charge in [-0.15, -0.1) is 0 Å². The molecule has 1 aliphatic carbocycles. The number of hydrogen-bond acceptors (Lipinski definition) is 2. The molecule has 0 saturated heterocycles. The number of pyridine rings is 1. The maximum atomic E-state index is 13.7. The summed E-state index contributed by atoms with van der Waals surface area (Å²) in [5, 5.41) is 9.85. The first-order valence-electron chi connectivity index (χ1n) is 6.24. The highest BCUT2D eigenvalue weighted by atomic mass is 19.1. The van der Waals surface area contributed by atoms with Crippen molar-refractivity contribution in [3.8, 4) is 11.1 Å². The summed E-state index contributed by atoms with van der Waals surface area (Å²) < 4.78 is 40.3. The van der Waals surface area contributed by atoms with E-state index in [2.05, 4.69) is 4.98 Å². The molecule has 1 aromatic carbocycles. The standard InChI is InChI=1S/C15H12F3NO/c1-7-14-11(5-13(18)15(14)20)12(6-19-7)8-2-9(16)4-10(17)3-8/h2-4,6,13,15,20H,5H2,1H3/t13-,15-/m1/s1. The number of aliphatic hydroxyl groups is 1. The fraction of sp³-hybridized carbons (Fsp3) is 0.267. The van der Waals surface area contributed by atoms with Gasteiger partial charge in [0.1, 0.15) is 23.9 Å². The number of nitrogens with zero attached hydrogens (tertiary/aromatic N) is 1. The number of alkyl halides is 1. The molecule has 1 aromatic heterocycles. The average Bonchev–Trinajstić information content (AvgIpc) is 2.65. The van der Waals surface area contributed by atoms with E-state index in [1.165, 1.54) is 18.3 Å². The van der Waals surface area contributed by atoms with Gasteiger partial charge in [0.15, 0.2) is 0 Å². The molecule has 1 heterocycles. The second-order valence-electron chi connectivity index (χ2n) is 4.97. The quantitative estimate of drug-likeness (QED) is 0.869. The van der Waals surface area contributed by atoms with Crippen LogP contribution >= 0.6 is 0 Å². The zero-order chi connectivity index (χ0) is 14.4. The number of aromatic nitrogens is 1. The number of fused-ring (bicyclic) bond motifs is 1. The highest BCUT2D eigenvalue weighted by molar-refractivity contribution is 5.70. The first-order chi connectivity index (χ1) is 9.47. The zero-order valence-corrected chi connectivity index (χ0v) is 10.7. The van der Waals surface area contributed by atoms with Crippen molar-refractivity contribution in [2.75, 3.05) is 0 Å². The van der Waals surface area contributed by atoms with Crippen LogP contribution in [0.5, 0.6) is 0 Å². The van der Waals surface area contributed by atoms with Crippen LogP contribution in [-0.2, 0) is 6.42 Å². The summed E-state index contributed by atoms with van der Waals surface area (Å²) in [5.41, 5.74) is 2.30. The molecule has 0 amide bonds. The molecule has 20 heavy (non-hydrogen) atoms. The van der Waals surface area contributed by atoms with Crippen molar-refractivity contribution < 1.29 is 18.3 Å². The van der Waals surface area contributed by atoms with Crippen LogP contribution in [0.2, 0.25) is 0 Å². The maximum Gasteiger partial charge on any atom is 0.134 e. The number of halogens is 3. The van der Waals surface area contributed by atoms with Crippen LogP contribution in [-0.4, -0.2) is 16.3 Å². The lowest BCUT2D eigenvalue weighted by Crippen LogP contribution is -2.07. The minimum Gasteiger partial charge on any atom is -0.385 e. The molecule has 2 aromatic rings. The van der Waals surface area contributed by atoms with Crippen LogP contribution in [0.15, 0.2) is 24.4 Å². The lowest BCUT2D eigenvalue weighted by Gasteiger charge is -2.12. The average molecular weight is 279 g/mol. The zero-order valence-electron chi connectivity index (χ0n) is 10.7. The van der Waals surface area contributed by atoms with E-state index in [9.17, 15) is 18.3 Å². The number of aliphatic hydroxyl groups excluding tert-OH is 1. The fourth-order valence-electron chi connectivity index (χ4n) is 2.73. The van der Waals surface area contributed by atoms with E-state index in [1.54, 1.807) is 6.92 Å². The van der Waals surface area contributed by atoms with Crippen molar-refractivity contribution in [3.63, 3.8) is 0 Å². The largest absolute Gasteiger partial charge is 0.385 e. The van der Waals surface area contributed by atoms with Gasteiger partial charge in [-0.3, -0.25) is 4.98 Å². The summed E-state index contributed by atoms with van der Waals surface area (Å²) in [4.78, 5) is 4.10. The van der Waals surface area contributed by atoms with E-state index in [0.29, 0.717) is 27.9 Å². The van der Waals surface area contributed by atoms with Gasteiger partial charge in [0.2, 0.25) is 0 Å². The van der Waals surface area contributed by atoms with E-state index in [4.69, 9.17) is 0 Å². The molecular weight excluding hydrogens is 267 g/mol. The van der Waals surface area contributed by atoms with Gasteiger partial charge in [0, 0.05) is 35.5 Å². The lowest BCUT2D eigenvalue weighted by atomic mass is 9.97. The lowest BCUT2D eigenvalue weighted by molar-refractivity contribution is 0.0919. The van der Waals surface area contributed by atoms with Gasteiger partial charge in [-0.05, 0) is 30.2 Å². The molecule has 5 heteroatoms. The summed E-state index contributed by atoms with van der Waals surface area (Å²) >= 11 is 0. The van der Waals surface area contributed by atoms with Gasteiger partial charge in [-0.2, -0.15) is 0 Å². The summed E-state index contributed by atoms with van der Waals surface area (Å²) in [7, 11) is 0. The number of aryl methyl sites for hydroxylation is 1. The Labute approximate surface area is 113 Å². The Morgan fingerprint density at radius 3 is 2.50 bits per heavy atom. The van der Waals surface area contributed by atoms with Crippen molar-refractivity contribution in [3.05, 3.63) is 52.9 Å². The molecule has 1 aliphatic rings. The number of benzene rings is 1. The summed E-state index contributed by atoms with van der Waals surface area (Å²) in [6.07, 6.45) is -1.15. The third-order valence-corrected chi connectivity index (χ3v) is 3.64. The molecule has 0 fully saturated rings. The molecule has 0 unspecified atom stereocenters. The molecule has 1 N–H and O–H groups in total. The molecule has 0 bridgehead atoms. The summed E-state index contributed by atoms with van der Waals surface area (Å²) in [6, 6.07) is 3.12. The van der Waals surface area contributed by atoms with Crippen LogP contribution < -0.4 is 0 Å². The van der Waals surface area contributed by atoms with E-state index >= 15 is 0 Å². The fourth-order valence-corrected chi connectivity index (χ4v) is 2.73. The Balaban J connectivity index is 2.22. The van der Waals surface area contributed by atoms with Gasteiger partial charge in [0.05, 0.1) is 0 Å². The highest BCUT2D eigenvalue weighted by Crippen LogP contribution is 2.40. The van der Waals surface area contributed by atoms with Crippen LogP contribution in [0.1, 0.15) is 22.9 Å². The molecule has 0 aliphatic heterocycles. The third kappa shape index (κ3) is 1.98. The van der Waals surface area contributed by atoms with Crippen LogP contribution in [0, 0.1) is 18.6 Å².